The summed E-state index contributed by atoms with van der Waals surface area (Å²) in [6, 6.07) is 5.98. The standard InChI is InChI=1S/C12H13N5S/c1-2-10-14-12(16-15-10)18-8-9-7-17-6-4-3-5-11(17)13-9/h3-7H,2,8H2,1H3,(H,14,15,16). The SMILES string of the molecule is CCc1nc(SCc2cn3ccccc3n2)n[nH]1. The van der Waals surface area contributed by atoms with Gasteiger partial charge in [0.25, 0.3) is 0 Å². The van der Waals surface area contributed by atoms with Gasteiger partial charge in [-0.05, 0) is 12.1 Å². The van der Waals surface area contributed by atoms with Gasteiger partial charge in [0.05, 0.1) is 5.69 Å². The van der Waals surface area contributed by atoms with Gasteiger partial charge in [-0.15, -0.1) is 5.10 Å². The number of rotatable bonds is 4. The van der Waals surface area contributed by atoms with Gasteiger partial charge in [0, 0.05) is 24.6 Å². The zero-order valence-corrected chi connectivity index (χ0v) is 10.8. The van der Waals surface area contributed by atoms with Gasteiger partial charge in [-0.1, -0.05) is 24.8 Å². The van der Waals surface area contributed by atoms with Crippen LogP contribution in [0.1, 0.15) is 18.4 Å². The van der Waals surface area contributed by atoms with Crippen molar-refractivity contribution in [1.82, 2.24) is 24.6 Å². The number of aromatic nitrogens is 5. The Balaban J connectivity index is 1.72. The van der Waals surface area contributed by atoms with Gasteiger partial charge in [-0.2, -0.15) is 0 Å². The highest BCUT2D eigenvalue weighted by Gasteiger charge is 2.05. The Hall–Kier alpha value is -1.82. The quantitative estimate of drug-likeness (QED) is 0.730. The molecule has 92 valence electrons. The summed E-state index contributed by atoms with van der Waals surface area (Å²) in [6.07, 6.45) is 4.91. The van der Waals surface area contributed by atoms with E-state index in [1.807, 2.05) is 35.0 Å². The molecule has 6 heteroatoms. The van der Waals surface area contributed by atoms with Crippen LogP contribution in [-0.2, 0) is 12.2 Å². The van der Waals surface area contributed by atoms with Crippen molar-refractivity contribution in [2.75, 3.05) is 0 Å². The lowest BCUT2D eigenvalue weighted by molar-refractivity contribution is 0.941. The lowest BCUT2D eigenvalue weighted by atomic mass is 10.5. The maximum absolute atomic E-state index is 4.53. The molecule has 0 amide bonds. The van der Waals surface area contributed by atoms with Crippen LogP contribution < -0.4 is 0 Å². The third-order valence-corrected chi connectivity index (χ3v) is 3.49. The van der Waals surface area contributed by atoms with Gasteiger partial charge in [-0.25, -0.2) is 9.97 Å². The average Bonchev–Trinajstić information content (AvgIpc) is 3.02. The molecule has 0 atom stereocenters. The molecule has 18 heavy (non-hydrogen) atoms. The van der Waals surface area contributed by atoms with Crippen LogP contribution in [0, 0.1) is 0 Å². The van der Waals surface area contributed by atoms with Crippen molar-refractivity contribution in [2.45, 2.75) is 24.3 Å². The topological polar surface area (TPSA) is 58.9 Å². The van der Waals surface area contributed by atoms with Crippen LogP contribution in [0.2, 0.25) is 0 Å². The fraction of sp³-hybridized carbons (Fsp3) is 0.250. The van der Waals surface area contributed by atoms with Crippen LogP contribution in [0.5, 0.6) is 0 Å². The van der Waals surface area contributed by atoms with Crippen molar-refractivity contribution in [3.63, 3.8) is 0 Å². The van der Waals surface area contributed by atoms with Crippen LogP contribution in [0.3, 0.4) is 0 Å². The van der Waals surface area contributed by atoms with Crippen LogP contribution in [-0.4, -0.2) is 24.6 Å². The van der Waals surface area contributed by atoms with Crippen LogP contribution in [0.25, 0.3) is 5.65 Å². The second-order valence-electron chi connectivity index (χ2n) is 3.91. The smallest absolute Gasteiger partial charge is 0.208 e. The molecule has 3 aromatic heterocycles. The first-order valence-corrected chi connectivity index (χ1v) is 6.80. The molecule has 0 saturated heterocycles. The van der Waals surface area contributed by atoms with Gasteiger partial charge in [-0.3, -0.25) is 5.10 Å². The van der Waals surface area contributed by atoms with E-state index in [4.69, 9.17) is 0 Å². The van der Waals surface area contributed by atoms with Crippen molar-refractivity contribution < 1.29 is 0 Å². The van der Waals surface area contributed by atoms with E-state index in [-0.39, 0.29) is 0 Å². The van der Waals surface area contributed by atoms with Crippen LogP contribution >= 0.6 is 11.8 Å². The van der Waals surface area contributed by atoms with E-state index in [9.17, 15) is 0 Å². The maximum atomic E-state index is 4.53. The summed E-state index contributed by atoms with van der Waals surface area (Å²) in [5.41, 5.74) is 2.01. The predicted molar refractivity (Wildman–Crippen MR) is 70.5 cm³/mol. The Bertz CT molecular complexity index is 624. The summed E-state index contributed by atoms with van der Waals surface area (Å²) in [5.74, 6) is 1.70. The zero-order chi connectivity index (χ0) is 12.4. The third-order valence-electron chi connectivity index (χ3n) is 2.61. The second-order valence-corrected chi connectivity index (χ2v) is 4.85. The molecule has 0 radical (unpaired) electrons. The van der Waals surface area contributed by atoms with Gasteiger partial charge in [0.15, 0.2) is 0 Å². The molecule has 0 saturated carbocycles. The molecule has 0 bridgehead atoms. The number of nitrogens with one attached hydrogen (secondary N) is 1. The number of thioether (sulfide) groups is 1. The minimum atomic E-state index is 0.780. The molecule has 0 fully saturated rings. The monoisotopic (exact) mass is 259 g/mol. The average molecular weight is 259 g/mol. The number of H-pyrrole nitrogens is 1. The number of hydrogen-bond donors (Lipinski definition) is 1. The zero-order valence-electron chi connectivity index (χ0n) is 10.00. The Labute approximate surface area is 109 Å². The first-order chi connectivity index (χ1) is 8.85. The number of aromatic amines is 1. The lowest BCUT2D eigenvalue weighted by Gasteiger charge is -1.90. The second kappa shape index (κ2) is 4.81. The number of imidazole rings is 1. The summed E-state index contributed by atoms with van der Waals surface area (Å²) >= 11 is 1.60. The summed E-state index contributed by atoms with van der Waals surface area (Å²) in [7, 11) is 0. The molecule has 1 N–H and O–H groups in total. The number of hydrogen-bond acceptors (Lipinski definition) is 4. The van der Waals surface area contributed by atoms with E-state index in [0.29, 0.717) is 0 Å². The highest BCUT2D eigenvalue weighted by molar-refractivity contribution is 7.98. The Morgan fingerprint density at radius 2 is 2.28 bits per heavy atom. The molecule has 0 aromatic carbocycles. The molecule has 0 spiro atoms. The number of pyridine rings is 1. The van der Waals surface area contributed by atoms with E-state index < -0.39 is 0 Å². The Kier molecular flexibility index (Phi) is 3.02. The fourth-order valence-electron chi connectivity index (χ4n) is 1.70. The minimum Gasteiger partial charge on any atom is -0.307 e. The third kappa shape index (κ3) is 2.24. The summed E-state index contributed by atoms with van der Waals surface area (Å²) in [6.45, 7) is 2.05. The predicted octanol–water partition coefficient (Wildman–Crippen LogP) is 2.31. The molecular formula is C12H13N5S. The first-order valence-electron chi connectivity index (χ1n) is 5.82. The van der Waals surface area contributed by atoms with Gasteiger partial charge in [0.2, 0.25) is 5.16 Å². The van der Waals surface area contributed by atoms with Crippen molar-refractivity contribution in [1.29, 1.82) is 0 Å². The normalized spacial score (nSPS) is 11.2. The molecule has 3 rings (SSSR count). The Morgan fingerprint density at radius 3 is 3.06 bits per heavy atom. The van der Waals surface area contributed by atoms with Crippen LogP contribution in [0.4, 0.5) is 0 Å². The van der Waals surface area contributed by atoms with Gasteiger partial charge >= 0.3 is 0 Å². The van der Waals surface area contributed by atoms with E-state index in [2.05, 4.69) is 27.1 Å². The summed E-state index contributed by atoms with van der Waals surface area (Å²) in [4.78, 5) is 8.89. The number of fused-ring (bicyclic) bond motifs is 1. The largest absolute Gasteiger partial charge is 0.307 e. The van der Waals surface area contributed by atoms with E-state index in [1.165, 1.54) is 0 Å². The summed E-state index contributed by atoms with van der Waals surface area (Å²) in [5, 5.41) is 7.84. The van der Waals surface area contributed by atoms with Gasteiger partial charge in [0.1, 0.15) is 11.5 Å². The van der Waals surface area contributed by atoms with E-state index in [0.717, 1.165) is 34.5 Å². The molecule has 3 aromatic rings. The fourth-order valence-corrected chi connectivity index (χ4v) is 2.40. The minimum absolute atomic E-state index is 0.780. The van der Waals surface area contributed by atoms with Crippen LogP contribution in [0.15, 0.2) is 35.7 Å². The molecule has 0 unspecified atom stereocenters. The first kappa shape index (κ1) is 11.3. The van der Waals surface area contributed by atoms with Gasteiger partial charge < -0.3 is 4.40 Å². The summed E-state index contributed by atoms with van der Waals surface area (Å²) < 4.78 is 2.02. The number of aryl methyl sites for hydroxylation is 1. The van der Waals surface area contributed by atoms with Crippen molar-refractivity contribution >= 4 is 17.4 Å². The lowest BCUT2D eigenvalue weighted by Crippen LogP contribution is -1.82. The molecule has 3 heterocycles. The maximum Gasteiger partial charge on any atom is 0.208 e. The highest BCUT2D eigenvalue weighted by Crippen LogP contribution is 2.18. The van der Waals surface area contributed by atoms with Crippen molar-refractivity contribution in [3.05, 3.63) is 42.1 Å². The van der Waals surface area contributed by atoms with E-state index in [1.54, 1.807) is 11.8 Å². The molecule has 0 aliphatic rings. The van der Waals surface area contributed by atoms with Crippen molar-refractivity contribution in [2.24, 2.45) is 0 Å². The molecule has 0 aliphatic heterocycles. The highest BCUT2D eigenvalue weighted by atomic mass is 32.2. The number of nitrogens with zero attached hydrogens (tertiary/aromatic N) is 4. The molecule has 5 nitrogen and oxygen atoms in total. The molecule has 0 aliphatic carbocycles. The Morgan fingerprint density at radius 1 is 1.33 bits per heavy atom. The van der Waals surface area contributed by atoms with Crippen molar-refractivity contribution in [3.8, 4) is 0 Å². The van der Waals surface area contributed by atoms with E-state index >= 15 is 0 Å². The molecular weight excluding hydrogens is 246 g/mol.